The zero-order valence-corrected chi connectivity index (χ0v) is 22.6. The number of alkyl halides is 3. The van der Waals surface area contributed by atoms with E-state index in [0.717, 1.165) is 18.4 Å². The molecule has 2 aromatic rings. The topological polar surface area (TPSA) is 82.8 Å². The number of nitrogens with zero attached hydrogens (tertiary/aromatic N) is 3. The van der Waals surface area contributed by atoms with Crippen LogP contribution in [-0.2, 0) is 11.3 Å². The lowest BCUT2D eigenvalue weighted by Crippen LogP contribution is -2.62. The molecule has 1 spiro atoms. The molecular weight excluding hydrogens is 511 g/mol. The smallest absolute Gasteiger partial charge is 0.387 e. The number of benzene rings is 1. The first-order valence-corrected chi connectivity index (χ1v) is 13.3. The molecule has 1 aliphatic carbocycles. The summed E-state index contributed by atoms with van der Waals surface area (Å²) in [5, 5.41) is 12.1. The number of aliphatic hydroxyl groups is 1. The normalized spacial score (nSPS) is 21.7. The Hall–Kier alpha value is -3.14. The Labute approximate surface area is 226 Å². The largest absolute Gasteiger partial charge is 0.389 e. The lowest BCUT2D eigenvalue weighted by Gasteiger charge is -2.52. The summed E-state index contributed by atoms with van der Waals surface area (Å²) in [5.41, 5.74) is -0.951. The van der Waals surface area contributed by atoms with Crippen molar-refractivity contribution in [2.24, 2.45) is 11.3 Å². The number of likely N-dealkylation sites (tertiary alicyclic amines) is 1. The highest BCUT2D eigenvalue weighted by atomic mass is 19.4. The first-order valence-electron chi connectivity index (χ1n) is 13.3. The molecule has 1 aromatic carbocycles. The fourth-order valence-electron chi connectivity index (χ4n) is 6.28. The monoisotopic (exact) mass is 547 g/mol. The van der Waals surface area contributed by atoms with E-state index >= 15 is 0 Å². The SMILES string of the molecule is C[C@H](CC(F)(F)F)C(=O)N1CC[C@@](O)(Cn2cc(C(=O)N(C)C)c(-c3ccccc3)cc2=O)C2(CCCC2)C1. The van der Waals surface area contributed by atoms with Crippen LogP contribution in [0.3, 0.4) is 0 Å². The minimum atomic E-state index is -4.44. The Bertz CT molecular complexity index is 1270. The molecular formula is C29H36F3N3O4. The van der Waals surface area contributed by atoms with E-state index in [1.54, 1.807) is 14.1 Å². The van der Waals surface area contributed by atoms with Gasteiger partial charge in [0.1, 0.15) is 0 Å². The van der Waals surface area contributed by atoms with Crippen molar-refractivity contribution >= 4 is 11.8 Å². The van der Waals surface area contributed by atoms with Crippen LogP contribution < -0.4 is 5.56 Å². The van der Waals surface area contributed by atoms with Gasteiger partial charge in [-0.25, -0.2) is 0 Å². The van der Waals surface area contributed by atoms with Gasteiger partial charge in [-0.1, -0.05) is 50.1 Å². The zero-order valence-electron chi connectivity index (χ0n) is 22.6. The predicted molar refractivity (Wildman–Crippen MR) is 141 cm³/mol. The Morgan fingerprint density at radius 1 is 1.10 bits per heavy atom. The molecule has 2 atom stereocenters. The van der Waals surface area contributed by atoms with Gasteiger partial charge in [-0.3, -0.25) is 14.4 Å². The first-order chi connectivity index (χ1) is 18.3. The number of carbonyl (C=O) groups excluding carboxylic acids is 2. The summed E-state index contributed by atoms with van der Waals surface area (Å²) in [6, 6.07) is 10.5. The van der Waals surface area contributed by atoms with Gasteiger partial charge in [-0.2, -0.15) is 13.2 Å². The number of rotatable bonds is 6. The Morgan fingerprint density at radius 2 is 1.74 bits per heavy atom. The summed E-state index contributed by atoms with van der Waals surface area (Å²) in [6.45, 7) is 1.45. The van der Waals surface area contributed by atoms with Gasteiger partial charge in [0, 0.05) is 56.3 Å². The van der Waals surface area contributed by atoms with E-state index in [-0.39, 0.29) is 37.5 Å². The van der Waals surface area contributed by atoms with E-state index in [2.05, 4.69) is 0 Å². The number of amides is 2. The number of halogens is 3. The third-order valence-corrected chi connectivity index (χ3v) is 8.39. The second-order valence-corrected chi connectivity index (χ2v) is 11.4. The fourth-order valence-corrected chi connectivity index (χ4v) is 6.28. The molecule has 1 saturated carbocycles. The fraction of sp³-hybridized carbons (Fsp3) is 0.552. The number of hydrogen-bond acceptors (Lipinski definition) is 4. The van der Waals surface area contributed by atoms with E-state index in [1.165, 1.54) is 33.6 Å². The molecule has 4 rings (SSSR count). The number of hydrogen-bond donors (Lipinski definition) is 1. The lowest BCUT2D eigenvalue weighted by atomic mass is 9.65. The molecule has 2 heterocycles. The second-order valence-electron chi connectivity index (χ2n) is 11.4. The summed E-state index contributed by atoms with van der Waals surface area (Å²) in [7, 11) is 3.25. The number of piperidine rings is 1. The summed E-state index contributed by atoms with van der Waals surface area (Å²) in [6.07, 6.45) is -1.18. The van der Waals surface area contributed by atoms with Crippen molar-refractivity contribution < 1.29 is 27.9 Å². The Kier molecular flexibility index (Phi) is 7.98. The molecule has 1 saturated heterocycles. The van der Waals surface area contributed by atoms with Crippen molar-refractivity contribution in [3.8, 4) is 11.1 Å². The third-order valence-electron chi connectivity index (χ3n) is 8.39. The van der Waals surface area contributed by atoms with Gasteiger partial charge < -0.3 is 19.5 Å². The van der Waals surface area contributed by atoms with E-state index < -0.39 is 35.4 Å². The molecule has 212 valence electrons. The highest BCUT2D eigenvalue weighted by Crippen LogP contribution is 2.52. The maximum Gasteiger partial charge on any atom is 0.389 e. The molecule has 2 fully saturated rings. The van der Waals surface area contributed by atoms with Gasteiger partial charge in [0.05, 0.1) is 24.1 Å². The third kappa shape index (κ3) is 5.90. The van der Waals surface area contributed by atoms with Crippen molar-refractivity contribution in [1.82, 2.24) is 14.4 Å². The molecule has 10 heteroatoms. The van der Waals surface area contributed by atoms with Crippen LogP contribution in [0.1, 0.15) is 55.8 Å². The number of aromatic nitrogens is 1. The van der Waals surface area contributed by atoms with Gasteiger partial charge in [0.15, 0.2) is 0 Å². The molecule has 1 aromatic heterocycles. The van der Waals surface area contributed by atoms with Crippen LogP contribution in [0, 0.1) is 11.3 Å². The van der Waals surface area contributed by atoms with Gasteiger partial charge in [-0.05, 0) is 24.8 Å². The Morgan fingerprint density at radius 3 is 2.33 bits per heavy atom. The maximum atomic E-state index is 13.3. The molecule has 2 aliphatic rings. The highest BCUT2D eigenvalue weighted by molar-refractivity contribution is 6.00. The molecule has 1 aliphatic heterocycles. The maximum absolute atomic E-state index is 13.3. The van der Waals surface area contributed by atoms with Crippen molar-refractivity contribution in [2.45, 2.75) is 63.8 Å². The van der Waals surface area contributed by atoms with Gasteiger partial charge in [0.2, 0.25) is 5.91 Å². The summed E-state index contributed by atoms with van der Waals surface area (Å²) >= 11 is 0. The summed E-state index contributed by atoms with van der Waals surface area (Å²) in [4.78, 5) is 42.3. The standard InChI is InChI=1S/C29H36F3N3O4/c1-20(16-29(30,31)32)25(37)34-14-13-28(39,27(18-34)11-7-8-12-27)19-35-17-23(26(38)33(2)3)22(15-24(35)36)21-9-5-4-6-10-21/h4-6,9-10,15,17,20,39H,7-8,11-14,16,18-19H2,1-3H3/t20-,28-/m1/s1. The van der Waals surface area contributed by atoms with Crippen LogP contribution in [0.5, 0.6) is 0 Å². The molecule has 39 heavy (non-hydrogen) atoms. The molecule has 7 nitrogen and oxygen atoms in total. The second kappa shape index (κ2) is 10.8. The van der Waals surface area contributed by atoms with Crippen LogP contribution >= 0.6 is 0 Å². The van der Waals surface area contributed by atoms with Crippen molar-refractivity contribution in [1.29, 1.82) is 0 Å². The molecule has 0 radical (unpaired) electrons. The van der Waals surface area contributed by atoms with Gasteiger partial charge >= 0.3 is 6.18 Å². The van der Waals surface area contributed by atoms with Crippen LogP contribution in [0.25, 0.3) is 11.1 Å². The molecule has 1 N–H and O–H groups in total. The van der Waals surface area contributed by atoms with E-state index in [4.69, 9.17) is 0 Å². The van der Waals surface area contributed by atoms with E-state index in [0.29, 0.717) is 24.0 Å². The van der Waals surface area contributed by atoms with Crippen LogP contribution in [0.15, 0.2) is 47.4 Å². The van der Waals surface area contributed by atoms with E-state index in [9.17, 15) is 32.7 Å². The predicted octanol–water partition coefficient (Wildman–Crippen LogP) is 4.33. The minimum absolute atomic E-state index is 0.0747. The summed E-state index contributed by atoms with van der Waals surface area (Å²) < 4.78 is 40.2. The average molecular weight is 548 g/mol. The van der Waals surface area contributed by atoms with Crippen LogP contribution in [-0.4, -0.2) is 70.3 Å². The lowest BCUT2D eigenvalue weighted by molar-refractivity contribution is -0.172. The zero-order chi connectivity index (χ0) is 28.6. The first kappa shape index (κ1) is 28.9. The van der Waals surface area contributed by atoms with Crippen molar-refractivity contribution in [2.75, 3.05) is 27.2 Å². The quantitative estimate of drug-likeness (QED) is 0.584. The van der Waals surface area contributed by atoms with Crippen LogP contribution in [0.4, 0.5) is 13.2 Å². The summed E-state index contributed by atoms with van der Waals surface area (Å²) in [5.74, 6) is -2.06. The Balaban J connectivity index is 1.67. The van der Waals surface area contributed by atoms with Gasteiger partial charge in [0.25, 0.3) is 11.5 Å². The average Bonchev–Trinajstić information content (AvgIpc) is 3.35. The molecule has 0 bridgehead atoms. The van der Waals surface area contributed by atoms with Gasteiger partial charge in [-0.15, -0.1) is 0 Å². The molecule has 0 unspecified atom stereocenters. The number of carbonyl (C=O) groups is 2. The van der Waals surface area contributed by atoms with Crippen LogP contribution in [0.2, 0.25) is 0 Å². The minimum Gasteiger partial charge on any atom is -0.387 e. The highest BCUT2D eigenvalue weighted by Gasteiger charge is 2.56. The number of pyridine rings is 1. The molecule has 2 amide bonds. The van der Waals surface area contributed by atoms with Crippen molar-refractivity contribution in [3.05, 3.63) is 58.5 Å². The van der Waals surface area contributed by atoms with Crippen molar-refractivity contribution in [3.63, 3.8) is 0 Å². The van der Waals surface area contributed by atoms with E-state index in [1.807, 2.05) is 30.3 Å².